The van der Waals surface area contributed by atoms with Gasteiger partial charge < -0.3 is 19.7 Å². The van der Waals surface area contributed by atoms with Crippen LogP contribution in [-0.2, 0) is 11.3 Å². The molecule has 0 spiro atoms. The number of rotatable bonds is 7. The van der Waals surface area contributed by atoms with Gasteiger partial charge in [-0.15, -0.1) is 0 Å². The van der Waals surface area contributed by atoms with E-state index in [-0.39, 0.29) is 18.5 Å². The molecule has 1 atom stereocenters. The monoisotopic (exact) mass is 338 g/mol. The number of methoxy groups -OCH3 is 2. The van der Waals surface area contributed by atoms with Gasteiger partial charge in [-0.3, -0.25) is 10.1 Å². The van der Waals surface area contributed by atoms with Crippen molar-refractivity contribution in [3.05, 3.63) is 23.3 Å². The lowest BCUT2D eigenvalue weighted by Crippen LogP contribution is -3.09. The summed E-state index contributed by atoms with van der Waals surface area (Å²) >= 11 is 0. The van der Waals surface area contributed by atoms with E-state index in [2.05, 4.69) is 10.6 Å². The minimum Gasteiger partial charge on any atom is -0.493 e. The summed E-state index contributed by atoms with van der Waals surface area (Å²) in [7, 11) is 5.09. The topological polar surface area (TPSA) is 81.1 Å². The smallest absolute Gasteiger partial charge is 0.321 e. The van der Waals surface area contributed by atoms with Crippen LogP contribution in [0.5, 0.6) is 11.5 Å². The molecule has 3 N–H and O–H groups in total. The Morgan fingerprint density at radius 3 is 2.29 bits per heavy atom. The van der Waals surface area contributed by atoms with Crippen molar-refractivity contribution in [1.82, 2.24) is 10.6 Å². The van der Waals surface area contributed by atoms with Gasteiger partial charge in [0.1, 0.15) is 6.54 Å². The van der Waals surface area contributed by atoms with Gasteiger partial charge in [0.2, 0.25) is 0 Å². The number of likely N-dealkylation sites (N-methyl/N-ethyl adjacent to an activating group) is 1. The Kier molecular flexibility index (Phi) is 7.51. The molecule has 7 nitrogen and oxygen atoms in total. The number of carbonyl (C=O) groups excluding carboxylic acids is 2. The largest absolute Gasteiger partial charge is 0.493 e. The minimum atomic E-state index is -0.468. The van der Waals surface area contributed by atoms with Crippen LogP contribution in [0.1, 0.15) is 25.0 Å². The number of hydrogen-bond donors (Lipinski definition) is 3. The van der Waals surface area contributed by atoms with Gasteiger partial charge in [-0.1, -0.05) is 0 Å². The fourth-order valence-electron chi connectivity index (χ4n) is 2.34. The van der Waals surface area contributed by atoms with Crippen LogP contribution in [0.3, 0.4) is 0 Å². The van der Waals surface area contributed by atoms with Crippen molar-refractivity contribution in [1.29, 1.82) is 0 Å². The summed E-state index contributed by atoms with van der Waals surface area (Å²) < 4.78 is 10.6. The molecule has 0 fully saturated rings. The van der Waals surface area contributed by atoms with Crippen LogP contribution in [0.15, 0.2) is 12.1 Å². The summed E-state index contributed by atoms with van der Waals surface area (Å²) in [6, 6.07) is 3.35. The third-order valence-electron chi connectivity index (χ3n) is 3.47. The highest BCUT2D eigenvalue weighted by atomic mass is 16.5. The van der Waals surface area contributed by atoms with E-state index in [1.807, 2.05) is 40.0 Å². The Balaban J connectivity index is 2.66. The maximum Gasteiger partial charge on any atom is 0.321 e. The molecule has 1 aromatic rings. The minimum absolute atomic E-state index is 0.0164. The van der Waals surface area contributed by atoms with Crippen molar-refractivity contribution in [2.45, 2.75) is 33.4 Å². The van der Waals surface area contributed by atoms with Crippen molar-refractivity contribution in [3.63, 3.8) is 0 Å². The van der Waals surface area contributed by atoms with E-state index in [0.717, 1.165) is 16.0 Å². The van der Waals surface area contributed by atoms with Gasteiger partial charge in [-0.25, -0.2) is 4.79 Å². The first-order valence-corrected chi connectivity index (χ1v) is 7.90. The van der Waals surface area contributed by atoms with Crippen LogP contribution in [0, 0.1) is 6.92 Å². The molecular weight excluding hydrogens is 310 g/mol. The van der Waals surface area contributed by atoms with Crippen LogP contribution in [-0.4, -0.2) is 45.8 Å². The summed E-state index contributed by atoms with van der Waals surface area (Å²) in [6.45, 7) is 6.48. The third-order valence-corrected chi connectivity index (χ3v) is 3.47. The van der Waals surface area contributed by atoms with Crippen LogP contribution >= 0.6 is 0 Å². The Morgan fingerprint density at radius 1 is 1.17 bits per heavy atom. The molecule has 0 aromatic heterocycles. The first kappa shape index (κ1) is 19.8. The Labute approximate surface area is 143 Å². The normalized spacial score (nSPS) is 11.8. The van der Waals surface area contributed by atoms with Crippen molar-refractivity contribution in [2.75, 3.05) is 27.8 Å². The number of benzene rings is 1. The average Bonchev–Trinajstić information content (AvgIpc) is 2.47. The molecule has 1 rings (SSSR count). The van der Waals surface area contributed by atoms with Crippen molar-refractivity contribution < 1.29 is 24.0 Å². The van der Waals surface area contributed by atoms with E-state index < -0.39 is 6.03 Å². The molecule has 24 heavy (non-hydrogen) atoms. The number of ether oxygens (including phenoxy) is 2. The predicted octanol–water partition coefficient (Wildman–Crippen LogP) is 0.261. The standard InChI is InChI=1S/C17H27N3O4/c1-11(2)18-17(22)19-16(21)10-20(4)9-13-8-15(24-6)14(23-5)7-12(13)3/h7-8,11H,9-10H2,1-6H3,(H2,18,19,21,22)/p+1. The molecule has 7 heteroatoms. The first-order chi connectivity index (χ1) is 11.3. The van der Waals surface area contributed by atoms with Gasteiger partial charge in [0.05, 0.1) is 21.3 Å². The summed E-state index contributed by atoms with van der Waals surface area (Å²) in [6.07, 6.45) is 0. The number of aryl methyl sites for hydroxylation is 1. The number of imide groups is 1. The fraction of sp³-hybridized carbons (Fsp3) is 0.529. The van der Waals surface area contributed by atoms with E-state index in [4.69, 9.17) is 9.47 Å². The zero-order chi connectivity index (χ0) is 18.3. The van der Waals surface area contributed by atoms with Crippen LogP contribution < -0.4 is 25.0 Å². The van der Waals surface area contributed by atoms with E-state index in [9.17, 15) is 9.59 Å². The molecule has 0 aliphatic carbocycles. The average molecular weight is 338 g/mol. The van der Waals surface area contributed by atoms with Gasteiger partial charge >= 0.3 is 6.03 Å². The second-order valence-electron chi connectivity index (χ2n) is 6.12. The van der Waals surface area contributed by atoms with Crippen molar-refractivity contribution >= 4 is 11.9 Å². The molecule has 134 valence electrons. The van der Waals surface area contributed by atoms with E-state index >= 15 is 0 Å². The van der Waals surface area contributed by atoms with Crippen LogP contribution in [0.4, 0.5) is 4.79 Å². The van der Waals surface area contributed by atoms with E-state index in [0.29, 0.717) is 18.0 Å². The molecule has 0 aliphatic rings. The van der Waals surface area contributed by atoms with Crippen LogP contribution in [0.25, 0.3) is 0 Å². The molecule has 0 aliphatic heterocycles. The SMILES string of the molecule is COc1cc(C)c(C[NH+](C)CC(=O)NC(=O)NC(C)C)cc1OC. The van der Waals surface area contributed by atoms with Gasteiger partial charge in [0.25, 0.3) is 5.91 Å². The number of quaternary nitrogens is 1. The summed E-state index contributed by atoms with van der Waals surface area (Å²) in [4.78, 5) is 24.4. The molecule has 1 aromatic carbocycles. The molecule has 3 amide bonds. The molecule has 0 saturated heterocycles. The van der Waals surface area contributed by atoms with E-state index in [1.165, 1.54) is 0 Å². The molecule has 0 heterocycles. The third kappa shape index (κ3) is 6.08. The molecule has 0 radical (unpaired) electrons. The highest BCUT2D eigenvalue weighted by Gasteiger charge is 2.16. The lowest BCUT2D eigenvalue weighted by atomic mass is 10.1. The number of nitrogens with one attached hydrogen (secondary N) is 3. The number of carbonyl (C=O) groups is 2. The highest BCUT2D eigenvalue weighted by Crippen LogP contribution is 2.29. The molecular formula is C17H28N3O4+. The Hall–Kier alpha value is -2.28. The summed E-state index contributed by atoms with van der Waals surface area (Å²) in [5.41, 5.74) is 2.12. The van der Waals surface area contributed by atoms with Gasteiger partial charge in [-0.2, -0.15) is 0 Å². The number of amides is 3. The number of urea groups is 1. The zero-order valence-corrected chi connectivity index (χ0v) is 15.3. The number of hydrogen-bond acceptors (Lipinski definition) is 4. The fourth-order valence-corrected chi connectivity index (χ4v) is 2.34. The van der Waals surface area contributed by atoms with Crippen LogP contribution in [0.2, 0.25) is 0 Å². The summed E-state index contributed by atoms with van der Waals surface area (Å²) in [5, 5.41) is 4.95. The van der Waals surface area contributed by atoms with Gasteiger partial charge in [0.15, 0.2) is 18.0 Å². The first-order valence-electron chi connectivity index (χ1n) is 7.90. The summed E-state index contributed by atoms with van der Waals surface area (Å²) in [5.74, 6) is 1.02. The zero-order valence-electron chi connectivity index (χ0n) is 15.3. The quantitative estimate of drug-likeness (QED) is 0.666. The van der Waals surface area contributed by atoms with Crippen molar-refractivity contribution in [3.8, 4) is 11.5 Å². The molecule has 1 unspecified atom stereocenters. The lowest BCUT2D eigenvalue weighted by molar-refractivity contribution is -0.885. The van der Waals surface area contributed by atoms with Gasteiger partial charge in [0, 0.05) is 11.6 Å². The van der Waals surface area contributed by atoms with E-state index in [1.54, 1.807) is 14.2 Å². The second-order valence-corrected chi connectivity index (χ2v) is 6.12. The molecule has 0 bridgehead atoms. The lowest BCUT2D eigenvalue weighted by Gasteiger charge is -2.17. The maximum atomic E-state index is 11.9. The Morgan fingerprint density at radius 2 is 1.75 bits per heavy atom. The molecule has 0 saturated carbocycles. The second kappa shape index (κ2) is 9.12. The highest BCUT2D eigenvalue weighted by molar-refractivity contribution is 5.94. The predicted molar refractivity (Wildman–Crippen MR) is 91.6 cm³/mol. The Bertz CT molecular complexity index is 587. The van der Waals surface area contributed by atoms with Crippen molar-refractivity contribution in [2.24, 2.45) is 0 Å². The maximum absolute atomic E-state index is 11.9. The van der Waals surface area contributed by atoms with Gasteiger partial charge in [-0.05, 0) is 38.5 Å².